The van der Waals surface area contributed by atoms with Gasteiger partial charge in [-0.05, 0) is 64.8 Å². The van der Waals surface area contributed by atoms with Gasteiger partial charge in [-0.25, -0.2) is 0 Å². The summed E-state index contributed by atoms with van der Waals surface area (Å²) in [7, 11) is 0. The number of piperidine rings is 1. The summed E-state index contributed by atoms with van der Waals surface area (Å²) >= 11 is 6.09. The van der Waals surface area contributed by atoms with Crippen LogP contribution in [0, 0.1) is 0 Å². The molecule has 0 unspecified atom stereocenters. The molecule has 2 fully saturated rings. The minimum absolute atomic E-state index is 0.0217. The van der Waals surface area contributed by atoms with Crippen LogP contribution in [0.1, 0.15) is 78.7 Å². The van der Waals surface area contributed by atoms with Gasteiger partial charge < -0.3 is 35.0 Å². The van der Waals surface area contributed by atoms with E-state index in [-0.39, 0.29) is 37.6 Å². The number of aliphatic carboxylic acids is 1. The molecule has 0 radical (unpaired) electrons. The minimum Gasteiger partial charge on any atom is -0.481 e. The van der Waals surface area contributed by atoms with Crippen LogP contribution < -0.4 is 5.32 Å². The predicted octanol–water partition coefficient (Wildman–Crippen LogP) is 6.90. The number of aliphatic hydroxyl groups is 2. The molecule has 3 atom stereocenters. The summed E-state index contributed by atoms with van der Waals surface area (Å²) in [6, 6.07) is 31.3. The van der Waals surface area contributed by atoms with Gasteiger partial charge in [0.1, 0.15) is 0 Å². The highest BCUT2D eigenvalue weighted by molar-refractivity contribution is 6.30. The Morgan fingerprint density at radius 3 is 2.24 bits per heavy atom. The van der Waals surface area contributed by atoms with Gasteiger partial charge in [0.05, 0.1) is 24.4 Å². The number of halogens is 1. The van der Waals surface area contributed by atoms with Gasteiger partial charge in [-0.15, -0.1) is 0 Å². The van der Waals surface area contributed by atoms with Crippen molar-refractivity contribution in [1.29, 1.82) is 0 Å². The highest BCUT2D eigenvalue weighted by Crippen LogP contribution is 2.40. The number of hydrogen-bond donors (Lipinski definition) is 4. The lowest BCUT2D eigenvalue weighted by atomic mass is 9.84. The monoisotopic (exact) mass is 712 g/mol. The Hall–Kier alpha value is -4.09. The first-order chi connectivity index (χ1) is 24.7. The molecule has 2 heterocycles. The first-order valence-corrected chi connectivity index (χ1v) is 17.9. The summed E-state index contributed by atoms with van der Waals surface area (Å²) in [6.07, 6.45) is 1.41. The molecule has 2 aliphatic heterocycles. The van der Waals surface area contributed by atoms with E-state index in [0.29, 0.717) is 43.8 Å². The fourth-order valence-electron chi connectivity index (χ4n) is 6.93. The number of carboxylic acids is 1. The number of carboxylic acid groups (broad SMARTS) is 1. The second-order valence-electron chi connectivity index (χ2n) is 13.5. The van der Waals surface area contributed by atoms with Gasteiger partial charge in [0, 0.05) is 56.0 Å². The molecule has 1 amide bonds. The zero-order valence-corrected chi connectivity index (χ0v) is 29.3. The lowest BCUT2D eigenvalue weighted by Gasteiger charge is -2.42. The number of benzene rings is 4. The van der Waals surface area contributed by atoms with Gasteiger partial charge in [0.15, 0.2) is 6.29 Å². The van der Waals surface area contributed by atoms with E-state index in [9.17, 15) is 19.8 Å². The number of nitrogens with zero attached hydrogens (tertiary/aromatic N) is 1. The average molecular weight is 713 g/mol. The molecule has 0 aliphatic carbocycles. The minimum atomic E-state index is -0.908. The molecule has 0 spiro atoms. The summed E-state index contributed by atoms with van der Waals surface area (Å²) in [6.45, 7) is 2.49. The normalized spacial score (nSPS) is 20.5. The maximum Gasteiger partial charge on any atom is 0.303 e. The Bertz CT molecular complexity index is 1760. The fourth-order valence-corrected chi connectivity index (χ4v) is 7.06. The maximum absolute atomic E-state index is 12.3. The second kappa shape index (κ2) is 17.0. The van der Waals surface area contributed by atoms with Crippen LogP contribution in [0.25, 0.3) is 11.1 Å². The first kappa shape index (κ1) is 36.7. The van der Waals surface area contributed by atoms with E-state index in [1.807, 2.05) is 97.1 Å². The van der Waals surface area contributed by atoms with Crippen LogP contribution >= 0.6 is 11.6 Å². The van der Waals surface area contributed by atoms with Crippen molar-refractivity contribution in [2.75, 3.05) is 19.6 Å². The van der Waals surface area contributed by atoms with Gasteiger partial charge in [-0.2, -0.15) is 0 Å². The zero-order chi connectivity index (χ0) is 35.8. The molecule has 51 heavy (non-hydrogen) atoms. The van der Waals surface area contributed by atoms with Crippen LogP contribution in [0.2, 0.25) is 5.02 Å². The molecule has 10 heteroatoms. The molecule has 268 valence electrons. The van der Waals surface area contributed by atoms with Crippen LogP contribution in [-0.4, -0.2) is 57.8 Å². The molecule has 4 N–H and O–H groups in total. The summed E-state index contributed by atoms with van der Waals surface area (Å²) < 4.78 is 13.2. The first-order valence-electron chi connectivity index (χ1n) is 17.6. The summed E-state index contributed by atoms with van der Waals surface area (Å²) in [5.41, 5.74) is 5.70. The van der Waals surface area contributed by atoms with Crippen molar-refractivity contribution >= 4 is 23.5 Å². The van der Waals surface area contributed by atoms with Crippen LogP contribution in [0.3, 0.4) is 0 Å². The van der Waals surface area contributed by atoms with E-state index in [2.05, 4.69) is 10.2 Å². The van der Waals surface area contributed by atoms with Gasteiger partial charge in [0.2, 0.25) is 5.91 Å². The van der Waals surface area contributed by atoms with Gasteiger partial charge >= 0.3 is 5.97 Å². The number of rotatable bonds is 13. The van der Waals surface area contributed by atoms with Gasteiger partial charge in [0.25, 0.3) is 0 Å². The Kier molecular flexibility index (Phi) is 12.2. The summed E-state index contributed by atoms with van der Waals surface area (Å²) in [5, 5.41) is 33.4. The predicted molar refractivity (Wildman–Crippen MR) is 195 cm³/mol. The topological polar surface area (TPSA) is 129 Å². The largest absolute Gasteiger partial charge is 0.481 e. The van der Waals surface area contributed by atoms with E-state index in [1.54, 1.807) is 0 Å². The van der Waals surface area contributed by atoms with Crippen molar-refractivity contribution in [3.05, 3.63) is 130 Å². The molecule has 4 aromatic rings. The lowest BCUT2D eigenvalue weighted by Crippen LogP contribution is -2.46. The number of ether oxygens (including phenoxy) is 2. The third-order valence-corrected chi connectivity index (χ3v) is 10.2. The molecular weight excluding hydrogens is 668 g/mol. The van der Waals surface area contributed by atoms with E-state index >= 15 is 0 Å². The van der Waals surface area contributed by atoms with Crippen LogP contribution in [0.4, 0.5) is 0 Å². The molecule has 6 rings (SSSR count). The van der Waals surface area contributed by atoms with Crippen molar-refractivity contribution in [2.24, 2.45) is 0 Å². The molecule has 4 aromatic carbocycles. The number of carbonyl (C=O) groups is 2. The molecule has 0 saturated carbocycles. The summed E-state index contributed by atoms with van der Waals surface area (Å²) in [5.74, 6) is -1.08. The van der Waals surface area contributed by atoms with E-state index in [4.69, 9.17) is 26.2 Å². The Morgan fingerprint density at radius 2 is 1.55 bits per heavy atom. The van der Waals surface area contributed by atoms with Crippen molar-refractivity contribution in [3.63, 3.8) is 0 Å². The lowest BCUT2D eigenvalue weighted by molar-refractivity contribution is -0.253. The SMILES string of the molecule is O=C(O)CCCC(=O)NCc1ccccc1-c1ccc([C@H]2O[C@@H](CN3CCC(O)(c4ccc(Cl)cc4)CC3)C[C@@H](c3ccc(CO)cc3)O2)cc1. The Morgan fingerprint density at radius 1 is 0.863 bits per heavy atom. The summed E-state index contributed by atoms with van der Waals surface area (Å²) in [4.78, 5) is 25.5. The molecule has 0 aromatic heterocycles. The van der Waals surface area contributed by atoms with Gasteiger partial charge in [-0.3, -0.25) is 9.59 Å². The van der Waals surface area contributed by atoms with Crippen molar-refractivity contribution in [2.45, 2.75) is 75.8 Å². The van der Waals surface area contributed by atoms with E-state index < -0.39 is 17.9 Å². The zero-order valence-electron chi connectivity index (χ0n) is 28.5. The van der Waals surface area contributed by atoms with Crippen LogP contribution in [-0.2, 0) is 37.8 Å². The number of carbonyl (C=O) groups excluding carboxylic acids is 1. The average Bonchev–Trinajstić information content (AvgIpc) is 3.15. The van der Waals surface area contributed by atoms with Crippen molar-refractivity contribution in [3.8, 4) is 11.1 Å². The molecule has 9 nitrogen and oxygen atoms in total. The van der Waals surface area contributed by atoms with Crippen molar-refractivity contribution in [1.82, 2.24) is 10.2 Å². The third kappa shape index (κ3) is 9.62. The van der Waals surface area contributed by atoms with E-state index in [0.717, 1.165) is 52.0 Å². The van der Waals surface area contributed by atoms with E-state index in [1.165, 1.54) is 0 Å². The maximum atomic E-state index is 12.3. The Balaban J connectivity index is 1.14. The number of likely N-dealkylation sites (tertiary alicyclic amines) is 1. The highest BCUT2D eigenvalue weighted by atomic mass is 35.5. The van der Waals surface area contributed by atoms with Gasteiger partial charge in [-0.1, -0.05) is 96.5 Å². The third-order valence-electron chi connectivity index (χ3n) is 9.92. The highest BCUT2D eigenvalue weighted by Gasteiger charge is 2.37. The standard InChI is InChI=1S/C41H45ClN2O7/c42-34-18-16-33(17-19-34)41(49)20-22-44(23-21-41)26-35-24-37(30-10-8-28(27-45)9-11-30)51-40(50-35)31-14-12-29(13-15-31)36-5-2-1-4-32(36)25-43-38(46)6-3-7-39(47)48/h1-2,4-5,8-19,35,37,40,45,49H,3,6-7,20-27H2,(H,43,46)(H,47,48)/t35-,37+,40+/m1/s1. The van der Waals surface area contributed by atoms with Crippen LogP contribution in [0.5, 0.6) is 0 Å². The molecular formula is C41H45ClN2O7. The second-order valence-corrected chi connectivity index (χ2v) is 13.9. The number of hydrogen-bond acceptors (Lipinski definition) is 7. The number of aliphatic hydroxyl groups excluding tert-OH is 1. The molecule has 2 saturated heterocycles. The number of amides is 1. The number of nitrogens with one attached hydrogen (secondary N) is 1. The molecule has 2 aliphatic rings. The smallest absolute Gasteiger partial charge is 0.303 e. The van der Waals surface area contributed by atoms with Crippen molar-refractivity contribution < 1.29 is 34.4 Å². The van der Waals surface area contributed by atoms with Crippen LogP contribution in [0.15, 0.2) is 97.1 Å². The molecule has 0 bridgehead atoms. The fraction of sp³-hybridized carbons (Fsp3) is 0.366. The Labute approximate surface area is 303 Å². The quantitative estimate of drug-likeness (QED) is 0.118.